The van der Waals surface area contributed by atoms with E-state index < -0.39 is 15.6 Å². The molecule has 0 saturated heterocycles. The van der Waals surface area contributed by atoms with Crippen LogP contribution in [0.15, 0.2) is 70.4 Å². The molecule has 2 heterocycles. The van der Waals surface area contributed by atoms with E-state index in [1.165, 1.54) is 32.9 Å². The lowest BCUT2D eigenvalue weighted by atomic mass is 10.2. The van der Waals surface area contributed by atoms with Gasteiger partial charge in [0.1, 0.15) is 0 Å². The first-order valence-corrected chi connectivity index (χ1v) is 10.7. The van der Waals surface area contributed by atoms with Crippen LogP contribution in [-0.2, 0) is 9.73 Å². The highest BCUT2D eigenvalue weighted by Crippen LogP contribution is 2.30. The van der Waals surface area contributed by atoms with Gasteiger partial charge in [-0.25, -0.2) is 4.21 Å². The molecule has 3 aromatic rings. The van der Waals surface area contributed by atoms with Crippen LogP contribution in [-0.4, -0.2) is 40.6 Å². The van der Waals surface area contributed by atoms with Gasteiger partial charge in [-0.1, -0.05) is 11.8 Å². The topological polar surface area (TPSA) is 90.7 Å². The van der Waals surface area contributed by atoms with Gasteiger partial charge in [0, 0.05) is 48.2 Å². The molecule has 3 rings (SSSR count). The van der Waals surface area contributed by atoms with E-state index in [4.69, 9.17) is 9.47 Å². The Morgan fingerprint density at radius 2 is 1.70 bits per heavy atom. The van der Waals surface area contributed by atoms with Crippen molar-refractivity contribution in [1.29, 1.82) is 0 Å². The Hall–Kier alpha value is -3.70. The van der Waals surface area contributed by atoms with Crippen molar-refractivity contribution in [2.75, 3.05) is 20.5 Å². The van der Waals surface area contributed by atoms with Crippen molar-refractivity contribution in [3.8, 4) is 23.3 Å². The number of hydrogen-bond donors (Lipinski definition) is 0. The van der Waals surface area contributed by atoms with E-state index in [2.05, 4.69) is 26.2 Å². The van der Waals surface area contributed by atoms with Crippen LogP contribution in [0.3, 0.4) is 0 Å². The number of carbonyl (C=O) groups excluding carboxylic acids is 1. The maximum atomic E-state index is 13.1. The number of rotatable bonds is 4. The molecule has 0 bridgehead atoms. The van der Waals surface area contributed by atoms with Crippen molar-refractivity contribution in [3.05, 3.63) is 77.9 Å². The first-order chi connectivity index (χ1) is 14.4. The lowest BCUT2D eigenvalue weighted by Gasteiger charge is -2.10. The highest BCUT2D eigenvalue weighted by Gasteiger charge is 2.15. The number of nitrogens with zero attached hydrogens (tertiary/aromatic N) is 3. The second-order valence-electron chi connectivity index (χ2n) is 6.17. The molecule has 1 atom stereocenters. The van der Waals surface area contributed by atoms with Crippen molar-refractivity contribution in [2.45, 2.75) is 4.90 Å². The van der Waals surface area contributed by atoms with E-state index in [-0.39, 0.29) is 5.56 Å². The molecule has 1 amide bonds. The second kappa shape index (κ2) is 9.20. The number of benzene rings is 1. The summed E-state index contributed by atoms with van der Waals surface area (Å²) >= 11 is 0. The van der Waals surface area contributed by atoms with Gasteiger partial charge in [0.15, 0.2) is 11.5 Å². The standard InChI is InChI=1S/C22H19N3O4S/c1-28-20-9-8-19(12-21(20)29-2)30(3,27)25-22(26)18-11-17(14-24-15-18)7-6-16-5-4-10-23-13-16/h4-5,8-15H,1-3H3. The second-order valence-corrected chi connectivity index (χ2v) is 8.43. The minimum Gasteiger partial charge on any atom is -0.493 e. The van der Waals surface area contributed by atoms with Gasteiger partial charge in [-0.05, 0) is 30.3 Å². The zero-order valence-electron chi connectivity index (χ0n) is 16.7. The van der Waals surface area contributed by atoms with Crippen molar-refractivity contribution in [3.63, 3.8) is 0 Å². The number of amides is 1. The molecule has 30 heavy (non-hydrogen) atoms. The third kappa shape index (κ3) is 5.01. The summed E-state index contributed by atoms with van der Waals surface area (Å²) in [5.74, 6) is 6.13. The van der Waals surface area contributed by atoms with Gasteiger partial charge < -0.3 is 9.47 Å². The molecular formula is C22H19N3O4S. The Balaban J connectivity index is 1.90. The van der Waals surface area contributed by atoms with E-state index in [0.29, 0.717) is 22.0 Å². The van der Waals surface area contributed by atoms with Crippen LogP contribution in [0.1, 0.15) is 21.5 Å². The summed E-state index contributed by atoms with van der Waals surface area (Å²) in [6.07, 6.45) is 7.60. The highest BCUT2D eigenvalue weighted by atomic mass is 32.2. The Morgan fingerprint density at radius 3 is 2.40 bits per heavy atom. The fourth-order valence-corrected chi connectivity index (χ4v) is 3.70. The van der Waals surface area contributed by atoms with Crippen molar-refractivity contribution < 1.29 is 18.5 Å². The van der Waals surface area contributed by atoms with Crippen LogP contribution in [0.2, 0.25) is 0 Å². The SMILES string of the molecule is COc1ccc(S(C)(=O)=NC(=O)c2cncc(C#Cc3cccnc3)c2)cc1OC. The predicted octanol–water partition coefficient (Wildman–Crippen LogP) is 3.19. The van der Waals surface area contributed by atoms with Gasteiger partial charge in [-0.2, -0.15) is 4.36 Å². The molecule has 0 aliphatic rings. The molecule has 7 nitrogen and oxygen atoms in total. The minimum absolute atomic E-state index is 0.197. The normalized spacial score (nSPS) is 12.1. The van der Waals surface area contributed by atoms with Gasteiger partial charge in [0.05, 0.1) is 34.4 Å². The molecule has 0 N–H and O–H groups in total. The fourth-order valence-electron chi connectivity index (χ4n) is 2.52. The van der Waals surface area contributed by atoms with Gasteiger partial charge in [-0.15, -0.1) is 0 Å². The van der Waals surface area contributed by atoms with Crippen molar-refractivity contribution in [2.24, 2.45) is 4.36 Å². The van der Waals surface area contributed by atoms with E-state index in [1.807, 2.05) is 6.07 Å². The number of carbonyl (C=O) groups is 1. The van der Waals surface area contributed by atoms with Crippen LogP contribution in [0.5, 0.6) is 11.5 Å². The largest absolute Gasteiger partial charge is 0.493 e. The molecule has 0 aliphatic heterocycles. The average Bonchev–Trinajstić information content (AvgIpc) is 2.77. The van der Waals surface area contributed by atoms with Crippen LogP contribution in [0.4, 0.5) is 0 Å². The molecule has 0 aliphatic carbocycles. The molecule has 152 valence electrons. The smallest absolute Gasteiger partial charge is 0.286 e. The Labute approximate surface area is 175 Å². The zero-order valence-corrected chi connectivity index (χ0v) is 17.5. The summed E-state index contributed by atoms with van der Waals surface area (Å²) in [6.45, 7) is 0. The number of aromatic nitrogens is 2. The quantitative estimate of drug-likeness (QED) is 0.601. The van der Waals surface area contributed by atoms with E-state index in [1.54, 1.807) is 42.7 Å². The lowest BCUT2D eigenvalue weighted by Crippen LogP contribution is -2.05. The number of methoxy groups -OCH3 is 2. The monoisotopic (exact) mass is 421 g/mol. The molecule has 1 aromatic carbocycles. The Kier molecular flexibility index (Phi) is 6.45. The van der Waals surface area contributed by atoms with Crippen molar-refractivity contribution >= 4 is 15.6 Å². The summed E-state index contributed by atoms with van der Waals surface area (Å²) < 4.78 is 27.4. The van der Waals surface area contributed by atoms with E-state index in [9.17, 15) is 9.00 Å². The highest BCUT2D eigenvalue weighted by molar-refractivity contribution is 7.93. The lowest BCUT2D eigenvalue weighted by molar-refractivity contribution is 0.100. The third-order valence-electron chi connectivity index (χ3n) is 4.05. The maximum absolute atomic E-state index is 13.1. The van der Waals surface area contributed by atoms with Gasteiger partial charge >= 0.3 is 0 Å². The first kappa shape index (κ1) is 21.0. The molecule has 0 radical (unpaired) electrons. The molecule has 0 fully saturated rings. The molecular weight excluding hydrogens is 402 g/mol. The number of pyridine rings is 2. The van der Waals surface area contributed by atoms with Crippen LogP contribution in [0.25, 0.3) is 0 Å². The van der Waals surface area contributed by atoms with Gasteiger partial charge in [-0.3, -0.25) is 14.8 Å². The predicted molar refractivity (Wildman–Crippen MR) is 113 cm³/mol. The fraction of sp³-hybridized carbons (Fsp3) is 0.136. The zero-order chi connectivity index (χ0) is 21.6. The van der Waals surface area contributed by atoms with Crippen LogP contribution >= 0.6 is 0 Å². The van der Waals surface area contributed by atoms with Crippen LogP contribution in [0, 0.1) is 11.8 Å². The third-order valence-corrected chi connectivity index (χ3v) is 5.69. The first-order valence-electron chi connectivity index (χ1n) is 8.78. The van der Waals surface area contributed by atoms with E-state index >= 15 is 0 Å². The van der Waals surface area contributed by atoms with Gasteiger partial charge in [0.2, 0.25) is 0 Å². The Morgan fingerprint density at radius 1 is 0.967 bits per heavy atom. The molecule has 0 spiro atoms. The summed E-state index contributed by atoms with van der Waals surface area (Å²) in [5, 5.41) is 0. The summed E-state index contributed by atoms with van der Waals surface area (Å²) in [4.78, 5) is 21.0. The summed E-state index contributed by atoms with van der Waals surface area (Å²) in [7, 11) is -0.0324. The van der Waals surface area contributed by atoms with Gasteiger partial charge in [0.25, 0.3) is 5.91 Å². The van der Waals surface area contributed by atoms with Crippen LogP contribution < -0.4 is 9.47 Å². The van der Waals surface area contributed by atoms with Crippen molar-refractivity contribution in [1.82, 2.24) is 9.97 Å². The number of ether oxygens (including phenoxy) is 2. The van der Waals surface area contributed by atoms with E-state index in [0.717, 1.165) is 5.56 Å². The average molecular weight is 421 g/mol. The molecule has 0 saturated carbocycles. The molecule has 2 aromatic heterocycles. The minimum atomic E-state index is -3.02. The maximum Gasteiger partial charge on any atom is 0.286 e. The molecule has 1 unspecified atom stereocenters. The Bertz CT molecular complexity index is 1250. The summed E-state index contributed by atoms with van der Waals surface area (Å²) in [6, 6.07) is 9.93. The summed E-state index contributed by atoms with van der Waals surface area (Å²) in [5.41, 5.74) is 1.47. The molecule has 8 heteroatoms. The number of hydrogen-bond acceptors (Lipinski definition) is 6.